The minimum absolute atomic E-state index is 0.221. The fourth-order valence-electron chi connectivity index (χ4n) is 1.18. The Kier molecular flexibility index (Phi) is 4.10. The van der Waals surface area contributed by atoms with Crippen LogP contribution in [-0.2, 0) is 0 Å². The summed E-state index contributed by atoms with van der Waals surface area (Å²) in [5.41, 5.74) is 6.28. The summed E-state index contributed by atoms with van der Waals surface area (Å²) in [6.45, 7) is 8.26. The van der Waals surface area contributed by atoms with Crippen molar-refractivity contribution in [3.05, 3.63) is 18.5 Å². The van der Waals surface area contributed by atoms with Crippen molar-refractivity contribution >= 4 is 11.5 Å². The molecular formula is C11H18N4O. The molecule has 0 radical (unpaired) electrons. The van der Waals surface area contributed by atoms with E-state index in [0.29, 0.717) is 29.8 Å². The third kappa shape index (κ3) is 2.62. The number of anilines is 2. The van der Waals surface area contributed by atoms with E-state index in [9.17, 15) is 0 Å². The molecule has 16 heavy (non-hydrogen) atoms. The second kappa shape index (κ2) is 5.34. The summed E-state index contributed by atoms with van der Waals surface area (Å²) in [4.78, 5) is 8.58. The number of nitrogens with one attached hydrogen (secondary N) is 1. The average molecular weight is 222 g/mol. The van der Waals surface area contributed by atoms with Crippen LogP contribution >= 0.6 is 0 Å². The molecule has 5 nitrogen and oxygen atoms in total. The van der Waals surface area contributed by atoms with Gasteiger partial charge >= 0.3 is 0 Å². The topological polar surface area (TPSA) is 73.1 Å². The van der Waals surface area contributed by atoms with E-state index < -0.39 is 0 Å². The first-order chi connectivity index (χ1) is 7.60. The van der Waals surface area contributed by atoms with Crippen molar-refractivity contribution < 1.29 is 4.74 Å². The highest BCUT2D eigenvalue weighted by molar-refractivity contribution is 5.67. The summed E-state index contributed by atoms with van der Waals surface area (Å²) >= 11 is 0. The lowest BCUT2D eigenvalue weighted by atomic mass is 10.2. The van der Waals surface area contributed by atoms with E-state index >= 15 is 0 Å². The summed E-state index contributed by atoms with van der Waals surface area (Å²) in [6, 6.07) is 0. The second-order valence-corrected chi connectivity index (χ2v) is 3.68. The number of hydrogen-bond donors (Lipinski definition) is 2. The molecule has 0 bridgehead atoms. The molecule has 88 valence electrons. The summed E-state index contributed by atoms with van der Waals surface area (Å²) in [6.07, 6.45) is 1.74. The van der Waals surface area contributed by atoms with Gasteiger partial charge in [0.25, 0.3) is 0 Å². The molecule has 1 rings (SSSR count). The zero-order valence-electron chi connectivity index (χ0n) is 9.95. The first-order valence-corrected chi connectivity index (χ1v) is 5.16. The smallest absolute Gasteiger partial charge is 0.242 e. The molecule has 0 aliphatic heterocycles. The molecule has 5 heteroatoms. The summed E-state index contributed by atoms with van der Waals surface area (Å²) in [5.74, 6) is 1.93. The summed E-state index contributed by atoms with van der Waals surface area (Å²) < 4.78 is 5.11. The van der Waals surface area contributed by atoms with Gasteiger partial charge in [0, 0.05) is 12.5 Å². The standard InChI is InChI=1S/C11H18N4O/c1-5-6-13-10-8(12)11(16-4)15-9(14-10)7(2)3/h5,7H,1,6,12H2,2-4H3,(H,13,14,15). The number of aromatic nitrogens is 2. The number of nitrogens with two attached hydrogens (primary N) is 1. The van der Waals surface area contributed by atoms with E-state index in [0.717, 1.165) is 0 Å². The first kappa shape index (κ1) is 12.3. The Hall–Kier alpha value is -1.78. The molecule has 0 unspecified atom stereocenters. The van der Waals surface area contributed by atoms with Gasteiger partial charge in [-0.3, -0.25) is 0 Å². The predicted molar refractivity (Wildman–Crippen MR) is 65.8 cm³/mol. The van der Waals surface area contributed by atoms with Gasteiger partial charge in [-0.25, -0.2) is 4.98 Å². The van der Waals surface area contributed by atoms with E-state index in [1.165, 1.54) is 0 Å². The molecule has 1 aromatic heterocycles. The number of nitrogens with zero attached hydrogens (tertiary/aromatic N) is 2. The minimum Gasteiger partial charge on any atom is -0.479 e. The van der Waals surface area contributed by atoms with Crippen molar-refractivity contribution in [1.29, 1.82) is 0 Å². The van der Waals surface area contributed by atoms with Crippen LogP contribution in [0.5, 0.6) is 5.88 Å². The molecule has 0 saturated carbocycles. The lowest BCUT2D eigenvalue weighted by Gasteiger charge is -2.13. The monoisotopic (exact) mass is 222 g/mol. The van der Waals surface area contributed by atoms with Gasteiger partial charge in [-0.1, -0.05) is 19.9 Å². The number of methoxy groups -OCH3 is 1. The number of rotatable bonds is 5. The molecule has 3 N–H and O–H groups in total. The molecule has 0 aliphatic rings. The molecule has 1 heterocycles. The number of ether oxygens (including phenoxy) is 1. The predicted octanol–water partition coefficient (Wildman–Crippen LogP) is 1.79. The van der Waals surface area contributed by atoms with Gasteiger partial charge in [0.05, 0.1) is 7.11 Å². The lowest BCUT2D eigenvalue weighted by molar-refractivity contribution is 0.396. The van der Waals surface area contributed by atoms with Gasteiger partial charge in [0.1, 0.15) is 11.5 Å². The fourth-order valence-corrected chi connectivity index (χ4v) is 1.18. The van der Waals surface area contributed by atoms with Crippen molar-refractivity contribution in [3.63, 3.8) is 0 Å². The van der Waals surface area contributed by atoms with Gasteiger partial charge in [-0.15, -0.1) is 6.58 Å². The largest absolute Gasteiger partial charge is 0.479 e. The third-order valence-corrected chi connectivity index (χ3v) is 2.05. The minimum atomic E-state index is 0.221. The SMILES string of the molecule is C=CCNc1nc(C(C)C)nc(OC)c1N. The quantitative estimate of drug-likeness (QED) is 0.743. The van der Waals surface area contributed by atoms with Gasteiger partial charge in [-0.2, -0.15) is 4.98 Å². The normalized spacial score (nSPS) is 10.2. The Morgan fingerprint density at radius 3 is 2.69 bits per heavy atom. The lowest BCUT2D eigenvalue weighted by Crippen LogP contribution is -2.10. The van der Waals surface area contributed by atoms with Crippen LogP contribution in [0.2, 0.25) is 0 Å². The van der Waals surface area contributed by atoms with Crippen LogP contribution in [0.4, 0.5) is 11.5 Å². The molecule has 1 aromatic rings. The third-order valence-electron chi connectivity index (χ3n) is 2.05. The van der Waals surface area contributed by atoms with Gasteiger partial charge in [-0.05, 0) is 0 Å². The second-order valence-electron chi connectivity index (χ2n) is 3.68. The highest BCUT2D eigenvalue weighted by Crippen LogP contribution is 2.27. The molecule has 0 aromatic carbocycles. The Bertz CT molecular complexity index is 376. The number of nitrogen functional groups attached to an aromatic ring is 1. The van der Waals surface area contributed by atoms with E-state index in [-0.39, 0.29) is 5.92 Å². The Morgan fingerprint density at radius 2 is 2.19 bits per heavy atom. The zero-order chi connectivity index (χ0) is 12.1. The van der Waals surface area contributed by atoms with E-state index in [2.05, 4.69) is 21.9 Å². The zero-order valence-corrected chi connectivity index (χ0v) is 9.95. The maximum absolute atomic E-state index is 5.86. The molecule has 0 aliphatic carbocycles. The van der Waals surface area contributed by atoms with Gasteiger partial charge in [0.2, 0.25) is 5.88 Å². The first-order valence-electron chi connectivity index (χ1n) is 5.16. The molecule has 0 amide bonds. The Balaban J connectivity index is 3.13. The van der Waals surface area contributed by atoms with E-state index in [1.54, 1.807) is 13.2 Å². The highest BCUT2D eigenvalue weighted by atomic mass is 16.5. The maximum atomic E-state index is 5.86. The van der Waals surface area contributed by atoms with Crippen LogP contribution in [0, 0.1) is 0 Å². The van der Waals surface area contributed by atoms with E-state index in [1.807, 2.05) is 13.8 Å². The van der Waals surface area contributed by atoms with Crippen molar-refractivity contribution in [1.82, 2.24) is 9.97 Å². The molecule has 0 fully saturated rings. The Morgan fingerprint density at radius 1 is 1.50 bits per heavy atom. The van der Waals surface area contributed by atoms with Crippen molar-refractivity contribution in [2.45, 2.75) is 19.8 Å². The summed E-state index contributed by atoms with van der Waals surface area (Å²) in [5, 5.41) is 3.06. The highest BCUT2D eigenvalue weighted by Gasteiger charge is 2.13. The van der Waals surface area contributed by atoms with Crippen LogP contribution in [-0.4, -0.2) is 23.6 Å². The fraction of sp³-hybridized carbons (Fsp3) is 0.455. The molecular weight excluding hydrogens is 204 g/mol. The molecule has 0 atom stereocenters. The van der Waals surface area contributed by atoms with Crippen molar-refractivity contribution in [2.24, 2.45) is 0 Å². The average Bonchev–Trinajstić information content (AvgIpc) is 2.27. The van der Waals surface area contributed by atoms with Gasteiger partial charge in [0.15, 0.2) is 5.82 Å². The van der Waals surface area contributed by atoms with Crippen LogP contribution in [0.1, 0.15) is 25.6 Å². The summed E-state index contributed by atoms with van der Waals surface area (Å²) in [7, 11) is 1.54. The molecule has 0 saturated heterocycles. The van der Waals surface area contributed by atoms with E-state index in [4.69, 9.17) is 10.5 Å². The van der Waals surface area contributed by atoms with Crippen LogP contribution in [0.3, 0.4) is 0 Å². The Labute approximate surface area is 95.7 Å². The number of hydrogen-bond acceptors (Lipinski definition) is 5. The van der Waals surface area contributed by atoms with Gasteiger partial charge < -0.3 is 15.8 Å². The van der Waals surface area contributed by atoms with Crippen LogP contribution < -0.4 is 15.8 Å². The van der Waals surface area contributed by atoms with Crippen LogP contribution in [0.15, 0.2) is 12.7 Å². The van der Waals surface area contributed by atoms with Crippen LogP contribution in [0.25, 0.3) is 0 Å². The molecule has 0 spiro atoms. The van der Waals surface area contributed by atoms with Crippen molar-refractivity contribution in [2.75, 3.05) is 24.7 Å². The maximum Gasteiger partial charge on any atom is 0.242 e. The van der Waals surface area contributed by atoms with Crippen molar-refractivity contribution in [3.8, 4) is 5.88 Å².